The minimum Gasteiger partial charge on any atom is -0.393 e. The van der Waals surface area contributed by atoms with Gasteiger partial charge in [-0.3, -0.25) is 0 Å². The van der Waals surface area contributed by atoms with Crippen molar-refractivity contribution in [3.63, 3.8) is 0 Å². The van der Waals surface area contributed by atoms with Crippen molar-refractivity contribution in [3.05, 3.63) is 0 Å². The lowest BCUT2D eigenvalue weighted by molar-refractivity contribution is 0.0697. The second-order valence-electron chi connectivity index (χ2n) is 5.33. The van der Waals surface area contributed by atoms with E-state index in [2.05, 4.69) is 25.7 Å². The van der Waals surface area contributed by atoms with E-state index in [-0.39, 0.29) is 6.10 Å². The molecule has 1 heterocycles. The van der Waals surface area contributed by atoms with E-state index in [1.54, 1.807) is 0 Å². The second kappa shape index (κ2) is 5.13. The highest BCUT2D eigenvalue weighted by Gasteiger charge is 2.25. The summed E-state index contributed by atoms with van der Waals surface area (Å²) in [5.74, 6) is 1.63. The van der Waals surface area contributed by atoms with Crippen molar-refractivity contribution in [2.45, 2.75) is 52.7 Å². The molecular formula is C12H25NO. The van der Waals surface area contributed by atoms with Gasteiger partial charge in [0.15, 0.2) is 0 Å². The van der Waals surface area contributed by atoms with Crippen LogP contribution in [0.3, 0.4) is 0 Å². The summed E-state index contributed by atoms with van der Waals surface area (Å²) >= 11 is 0. The van der Waals surface area contributed by atoms with Gasteiger partial charge in [0.25, 0.3) is 0 Å². The van der Waals surface area contributed by atoms with Gasteiger partial charge in [-0.15, -0.1) is 0 Å². The van der Waals surface area contributed by atoms with E-state index in [0.29, 0.717) is 6.04 Å². The first-order valence-corrected chi connectivity index (χ1v) is 5.91. The zero-order valence-electron chi connectivity index (χ0n) is 10.0. The van der Waals surface area contributed by atoms with Gasteiger partial charge in [0.05, 0.1) is 6.10 Å². The minimum atomic E-state index is -0.169. The highest BCUT2D eigenvalue weighted by atomic mass is 16.3. The Labute approximate surface area is 88.3 Å². The fourth-order valence-corrected chi connectivity index (χ4v) is 2.71. The van der Waals surface area contributed by atoms with E-state index >= 15 is 0 Å². The van der Waals surface area contributed by atoms with Crippen molar-refractivity contribution in [2.75, 3.05) is 13.1 Å². The minimum absolute atomic E-state index is 0.169. The lowest BCUT2D eigenvalue weighted by atomic mass is 9.90. The number of likely N-dealkylation sites (tertiary alicyclic amines) is 1. The van der Waals surface area contributed by atoms with Crippen molar-refractivity contribution in [1.29, 1.82) is 0 Å². The van der Waals surface area contributed by atoms with E-state index < -0.39 is 0 Å². The summed E-state index contributed by atoms with van der Waals surface area (Å²) in [7, 11) is 0. The number of aliphatic hydroxyl groups is 1. The van der Waals surface area contributed by atoms with Crippen LogP contribution in [0.15, 0.2) is 0 Å². The van der Waals surface area contributed by atoms with Crippen molar-refractivity contribution in [1.82, 2.24) is 4.90 Å². The first kappa shape index (κ1) is 12.0. The molecule has 2 heteroatoms. The standard InChI is InChI=1S/C12H25NO/c1-9-5-10(2)8-13(7-9)11(3)6-12(4)14/h9-12,14H,5-8H2,1-4H3. The molecule has 4 atom stereocenters. The predicted molar refractivity (Wildman–Crippen MR) is 60.3 cm³/mol. The van der Waals surface area contributed by atoms with Gasteiger partial charge in [0, 0.05) is 19.1 Å². The maximum Gasteiger partial charge on any atom is 0.0526 e. The average molecular weight is 199 g/mol. The van der Waals surface area contributed by atoms with Gasteiger partial charge < -0.3 is 10.0 Å². The first-order chi connectivity index (χ1) is 6.49. The van der Waals surface area contributed by atoms with Crippen molar-refractivity contribution in [2.24, 2.45) is 11.8 Å². The number of hydrogen-bond acceptors (Lipinski definition) is 2. The number of aliphatic hydroxyl groups excluding tert-OH is 1. The highest BCUT2D eigenvalue weighted by molar-refractivity contribution is 4.79. The van der Waals surface area contributed by atoms with E-state index in [9.17, 15) is 5.11 Å². The average Bonchev–Trinajstić information content (AvgIpc) is 2.00. The molecule has 1 fully saturated rings. The van der Waals surface area contributed by atoms with Gasteiger partial charge >= 0.3 is 0 Å². The van der Waals surface area contributed by atoms with Crippen LogP contribution in [0.25, 0.3) is 0 Å². The number of nitrogens with zero attached hydrogens (tertiary/aromatic N) is 1. The maximum atomic E-state index is 9.36. The number of rotatable bonds is 3. The normalized spacial score (nSPS) is 34.1. The topological polar surface area (TPSA) is 23.5 Å². The lowest BCUT2D eigenvalue weighted by Crippen LogP contribution is -2.44. The molecule has 0 amide bonds. The number of piperidine rings is 1. The van der Waals surface area contributed by atoms with Gasteiger partial charge in [-0.2, -0.15) is 0 Å². The smallest absolute Gasteiger partial charge is 0.0526 e. The van der Waals surface area contributed by atoms with Gasteiger partial charge in [-0.1, -0.05) is 13.8 Å². The predicted octanol–water partition coefficient (Wildman–Crippen LogP) is 2.12. The monoisotopic (exact) mass is 199 g/mol. The molecule has 0 spiro atoms. The summed E-state index contributed by atoms with van der Waals surface area (Å²) in [6.07, 6.45) is 2.09. The molecule has 0 radical (unpaired) electrons. The molecule has 1 N–H and O–H groups in total. The van der Waals surface area contributed by atoms with Crippen LogP contribution in [0.1, 0.15) is 40.5 Å². The zero-order chi connectivity index (χ0) is 10.7. The first-order valence-electron chi connectivity index (χ1n) is 5.91. The molecule has 4 unspecified atom stereocenters. The van der Waals surface area contributed by atoms with Crippen LogP contribution in [0, 0.1) is 11.8 Å². The molecule has 2 nitrogen and oxygen atoms in total. The molecule has 0 aromatic carbocycles. The Morgan fingerprint density at radius 2 is 1.71 bits per heavy atom. The lowest BCUT2D eigenvalue weighted by Gasteiger charge is -2.39. The Balaban J connectivity index is 2.42. The fraction of sp³-hybridized carbons (Fsp3) is 1.00. The van der Waals surface area contributed by atoms with Crippen LogP contribution >= 0.6 is 0 Å². The van der Waals surface area contributed by atoms with Gasteiger partial charge in [-0.05, 0) is 38.5 Å². The van der Waals surface area contributed by atoms with Crippen LogP contribution in [0.5, 0.6) is 0 Å². The highest BCUT2D eigenvalue weighted by Crippen LogP contribution is 2.23. The molecule has 0 aromatic heterocycles. The Hall–Kier alpha value is -0.0800. The summed E-state index contributed by atoms with van der Waals surface area (Å²) in [5.41, 5.74) is 0. The third-order valence-corrected chi connectivity index (χ3v) is 3.20. The summed E-state index contributed by atoms with van der Waals surface area (Å²) in [4.78, 5) is 2.53. The second-order valence-corrected chi connectivity index (χ2v) is 5.33. The third-order valence-electron chi connectivity index (χ3n) is 3.20. The molecule has 0 aromatic rings. The molecule has 0 aliphatic carbocycles. The summed E-state index contributed by atoms with van der Waals surface area (Å²) in [6.45, 7) is 11.2. The molecule has 1 saturated heterocycles. The molecule has 1 rings (SSSR count). The maximum absolute atomic E-state index is 9.36. The third kappa shape index (κ3) is 3.58. The Morgan fingerprint density at radius 1 is 1.21 bits per heavy atom. The van der Waals surface area contributed by atoms with E-state index in [1.807, 2.05) is 6.92 Å². The van der Waals surface area contributed by atoms with Crippen LogP contribution in [-0.2, 0) is 0 Å². The van der Waals surface area contributed by atoms with Crippen LogP contribution in [0.4, 0.5) is 0 Å². The van der Waals surface area contributed by atoms with E-state index in [4.69, 9.17) is 0 Å². The Kier molecular flexibility index (Phi) is 4.39. The molecule has 0 bridgehead atoms. The largest absolute Gasteiger partial charge is 0.393 e. The molecule has 14 heavy (non-hydrogen) atoms. The molecule has 0 saturated carbocycles. The SMILES string of the molecule is CC(O)CC(C)N1CC(C)CC(C)C1. The Morgan fingerprint density at radius 3 is 2.14 bits per heavy atom. The van der Waals surface area contributed by atoms with Crippen molar-refractivity contribution < 1.29 is 5.11 Å². The van der Waals surface area contributed by atoms with Crippen molar-refractivity contribution in [3.8, 4) is 0 Å². The van der Waals surface area contributed by atoms with Gasteiger partial charge in [0.2, 0.25) is 0 Å². The van der Waals surface area contributed by atoms with Crippen molar-refractivity contribution >= 4 is 0 Å². The fourth-order valence-electron chi connectivity index (χ4n) is 2.71. The van der Waals surface area contributed by atoms with Crippen LogP contribution in [0.2, 0.25) is 0 Å². The zero-order valence-corrected chi connectivity index (χ0v) is 10.0. The van der Waals surface area contributed by atoms with Gasteiger partial charge in [-0.25, -0.2) is 0 Å². The summed E-state index contributed by atoms with van der Waals surface area (Å²) < 4.78 is 0. The number of hydrogen-bond donors (Lipinski definition) is 1. The van der Waals surface area contributed by atoms with Crippen LogP contribution in [-0.4, -0.2) is 35.2 Å². The Bertz CT molecular complexity index is 160. The summed E-state index contributed by atoms with van der Waals surface area (Å²) in [5, 5.41) is 9.36. The molecule has 1 aliphatic rings. The molecule has 1 aliphatic heterocycles. The van der Waals surface area contributed by atoms with E-state index in [1.165, 1.54) is 19.5 Å². The van der Waals surface area contributed by atoms with Crippen LogP contribution < -0.4 is 0 Å². The molecular weight excluding hydrogens is 174 g/mol. The molecule has 84 valence electrons. The van der Waals surface area contributed by atoms with E-state index in [0.717, 1.165) is 18.3 Å². The summed E-state index contributed by atoms with van der Waals surface area (Å²) in [6, 6.07) is 0.528. The van der Waals surface area contributed by atoms with Gasteiger partial charge in [0.1, 0.15) is 0 Å². The quantitative estimate of drug-likeness (QED) is 0.752.